The van der Waals surface area contributed by atoms with Crippen LogP contribution >= 0.6 is 0 Å². The molecule has 68 valence electrons. The molecule has 0 spiro atoms. The normalized spacial score (nSPS) is 16.2. The second kappa shape index (κ2) is 4.21. The molecule has 1 aromatic rings. The Morgan fingerprint density at radius 1 is 1.33 bits per heavy atom. The molecular weight excluding hydrogens is 152 g/mol. The number of likely N-dealkylation sites (N-methyl/N-ethyl adjacent to an activating group) is 1. The molecule has 0 unspecified atom stereocenters. The second-order valence-corrected chi connectivity index (χ2v) is 2.64. The lowest BCUT2D eigenvalue weighted by Gasteiger charge is -2.21. The maximum absolute atomic E-state index is 4.12. The molecule has 2 rings (SSSR count). The van der Waals surface area contributed by atoms with Crippen LogP contribution in [0.1, 0.15) is 19.7 Å². The molecule has 0 N–H and O–H groups in total. The van der Waals surface area contributed by atoms with Crippen molar-refractivity contribution < 1.29 is 0 Å². The first-order valence-electron chi connectivity index (χ1n) is 4.41. The van der Waals surface area contributed by atoms with Crippen molar-refractivity contribution in [2.45, 2.75) is 26.9 Å². The molecule has 0 fully saturated rings. The van der Waals surface area contributed by atoms with Crippen LogP contribution in [0.5, 0.6) is 0 Å². The van der Waals surface area contributed by atoms with Crippen molar-refractivity contribution in [2.24, 2.45) is 0 Å². The van der Waals surface area contributed by atoms with Gasteiger partial charge in [0.05, 0.1) is 13.1 Å². The average molecular weight is 168 g/mol. The predicted molar refractivity (Wildman–Crippen MR) is 47.7 cm³/mol. The van der Waals surface area contributed by atoms with E-state index in [2.05, 4.69) is 22.0 Å². The minimum absolute atomic E-state index is 0.931. The Labute approximate surface area is 73.2 Å². The summed E-state index contributed by atoms with van der Waals surface area (Å²) < 4.78 is 1.96. The van der Waals surface area contributed by atoms with Gasteiger partial charge in [0, 0.05) is 6.54 Å². The zero-order chi connectivity index (χ0) is 8.97. The van der Waals surface area contributed by atoms with E-state index in [4.69, 9.17) is 0 Å². The van der Waals surface area contributed by atoms with Crippen molar-refractivity contribution in [1.82, 2.24) is 19.7 Å². The van der Waals surface area contributed by atoms with Gasteiger partial charge < -0.3 is 0 Å². The minimum atomic E-state index is 0.931. The van der Waals surface area contributed by atoms with E-state index in [0.717, 1.165) is 25.5 Å². The van der Waals surface area contributed by atoms with Gasteiger partial charge in [-0.15, -0.1) is 0 Å². The molecule has 0 aromatic carbocycles. The fraction of sp³-hybridized carbons (Fsp3) is 0.750. The molecule has 2 heterocycles. The summed E-state index contributed by atoms with van der Waals surface area (Å²) in [4.78, 5) is 6.36. The molecule has 0 bridgehead atoms. The third-order valence-electron chi connectivity index (χ3n) is 1.80. The number of fused-ring (bicyclic) bond motifs is 1. The molecule has 0 saturated heterocycles. The Balaban J connectivity index is 0.000000336. The fourth-order valence-corrected chi connectivity index (χ4v) is 1.18. The van der Waals surface area contributed by atoms with Gasteiger partial charge in [-0.1, -0.05) is 13.8 Å². The third kappa shape index (κ3) is 1.82. The Morgan fingerprint density at radius 2 is 2.08 bits per heavy atom. The highest BCUT2D eigenvalue weighted by molar-refractivity contribution is 4.87. The summed E-state index contributed by atoms with van der Waals surface area (Å²) in [5.41, 5.74) is 0. The molecule has 0 saturated carbocycles. The van der Waals surface area contributed by atoms with Gasteiger partial charge in [0.2, 0.25) is 0 Å². The molecule has 4 nitrogen and oxygen atoms in total. The van der Waals surface area contributed by atoms with Gasteiger partial charge in [0.1, 0.15) is 12.2 Å². The summed E-state index contributed by atoms with van der Waals surface area (Å²) in [6.45, 7) is 6.99. The molecule has 0 radical (unpaired) electrons. The fourth-order valence-electron chi connectivity index (χ4n) is 1.18. The summed E-state index contributed by atoms with van der Waals surface area (Å²) in [6.07, 6.45) is 1.62. The van der Waals surface area contributed by atoms with E-state index in [9.17, 15) is 0 Å². The van der Waals surface area contributed by atoms with Crippen molar-refractivity contribution in [3.8, 4) is 0 Å². The van der Waals surface area contributed by atoms with Crippen LogP contribution in [0.25, 0.3) is 0 Å². The van der Waals surface area contributed by atoms with E-state index in [1.807, 2.05) is 18.5 Å². The first-order valence-corrected chi connectivity index (χ1v) is 4.41. The van der Waals surface area contributed by atoms with Gasteiger partial charge in [-0.3, -0.25) is 4.90 Å². The zero-order valence-electron chi connectivity index (χ0n) is 7.99. The topological polar surface area (TPSA) is 34.0 Å². The first-order chi connectivity index (χ1) is 5.86. The van der Waals surface area contributed by atoms with Gasteiger partial charge in [-0.2, -0.15) is 5.10 Å². The Kier molecular flexibility index (Phi) is 3.22. The van der Waals surface area contributed by atoms with Crippen LogP contribution in [0.2, 0.25) is 0 Å². The first kappa shape index (κ1) is 9.19. The van der Waals surface area contributed by atoms with Crippen molar-refractivity contribution in [3.63, 3.8) is 0 Å². The number of nitrogens with zero attached hydrogens (tertiary/aromatic N) is 4. The molecular formula is C8H16N4. The highest BCUT2D eigenvalue weighted by Crippen LogP contribution is 2.04. The number of rotatable bonds is 0. The van der Waals surface area contributed by atoms with Gasteiger partial charge in [0.25, 0.3) is 0 Å². The van der Waals surface area contributed by atoms with Crippen molar-refractivity contribution in [3.05, 3.63) is 12.2 Å². The van der Waals surface area contributed by atoms with Gasteiger partial charge >= 0.3 is 0 Å². The molecule has 0 aliphatic carbocycles. The minimum Gasteiger partial charge on any atom is -0.297 e. The lowest BCUT2D eigenvalue weighted by molar-refractivity contribution is 0.254. The summed E-state index contributed by atoms with van der Waals surface area (Å²) >= 11 is 0. The summed E-state index contributed by atoms with van der Waals surface area (Å²) in [6, 6.07) is 0. The number of hydrogen-bond acceptors (Lipinski definition) is 3. The summed E-state index contributed by atoms with van der Waals surface area (Å²) in [7, 11) is 2.10. The highest BCUT2D eigenvalue weighted by atomic mass is 15.4. The van der Waals surface area contributed by atoms with Crippen LogP contribution in [0.15, 0.2) is 6.33 Å². The van der Waals surface area contributed by atoms with Crippen LogP contribution in [0.4, 0.5) is 0 Å². The van der Waals surface area contributed by atoms with Crippen LogP contribution in [0.3, 0.4) is 0 Å². The van der Waals surface area contributed by atoms with E-state index in [0.29, 0.717) is 0 Å². The van der Waals surface area contributed by atoms with Gasteiger partial charge in [-0.25, -0.2) is 9.67 Å². The number of aromatic nitrogens is 3. The van der Waals surface area contributed by atoms with Crippen molar-refractivity contribution in [1.29, 1.82) is 0 Å². The Hall–Kier alpha value is -0.900. The smallest absolute Gasteiger partial charge is 0.141 e. The predicted octanol–water partition coefficient (Wildman–Crippen LogP) is 0.750. The van der Waals surface area contributed by atoms with E-state index in [1.165, 1.54) is 0 Å². The van der Waals surface area contributed by atoms with E-state index in [-0.39, 0.29) is 0 Å². The van der Waals surface area contributed by atoms with E-state index in [1.54, 1.807) is 6.33 Å². The molecule has 0 atom stereocenters. The van der Waals surface area contributed by atoms with Crippen molar-refractivity contribution in [2.75, 3.05) is 13.6 Å². The van der Waals surface area contributed by atoms with Gasteiger partial charge in [0.15, 0.2) is 0 Å². The zero-order valence-corrected chi connectivity index (χ0v) is 7.99. The van der Waals surface area contributed by atoms with Crippen LogP contribution in [-0.2, 0) is 13.1 Å². The molecule has 1 aromatic heterocycles. The van der Waals surface area contributed by atoms with Gasteiger partial charge in [-0.05, 0) is 7.05 Å². The van der Waals surface area contributed by atoms with Crippen LogP contribution in [0, 0.1) is 0 Å². The summed E-state index contributed by atoms with van der Waals surface area (Å²) in [5, 5.41) is 4.07. The maximum atomic E-state index is 4.12. The molecule has 4 heteroatoms. The SMILES string of the molecule is CC.CN1CCn2ncnc2C1. The number of hydrogen-bond donors (Lipinski definition) is 0. The Bertz CT molecular complexity index is 231. The Morgan fingerprint density at radius 3 is 2.83 bits per heavy atom. The lowest BCUT2D eigenvalue weighted by atomic mass is 10.4. The van der Waals surface area contributed by atoms with Crippen molar-refractivity contribution >= 4 is 0 Å². The average Bonchev–Trinajstić information content (AvgIpc) is 2.54. The summed E-state index contributed by atoms with van der Waals surface area (Å²) in [5.74, 6) is 1.08. The monoisotopic (exact) mass is 168 g/mol. The molecule has 1 aliphatic rings. The lowest BCUT2D eigenvalue weighted by Crippen LogP contribution is -2.30. The van der Waals surface area contributed by atoms with E-state index >= 15 is 0 Å². The highest BCUT2D eigenvalue weighted by Gasteiger charge is 2.12. The molecule has 12 heavy (non-hydrogen) atoms. The maximum Gasteiger partial charge on any atom is 0.141 e. The molecule has 1 aliphatic heterocycles. The third-order valence-corrected chi connectivity index (χ3v) is 1.80. The largest absolute Gasteiger partial charge is 0.297 e. The molecule has 0 amide bonds. The van der Waals surface area contributed by atoms with E-state index < -0.39 is 0 Å². The quantitative estimate of drug-likeness (QED) is 0.573. The van der Waals surface area contributed by atoms with Crippen LogP contribution < -0.4 is 0 Å². The standard InChI is InChI=1S/C6H10N4.C2H6/c1-9-2-3-10-6(4-9)7-5-8-10;1-2/h5H,2-4H2,1H3;1-2H3. The second-order valence-electron chi connectivity index (χ2n) is 2.64. The van der Waals surface area contributed by atoms with Crippen LogP contribution in [-0.4, -0.2) is 33.3 Å².